The molecule has 0 saturated carbocycles. The van der Waals surface area contributed by atoms with E-state index >= 15 is 0 Å². The minimum Gasteiger partial charge on any atom is -0.465 e. The van der Waals surface area contributed by atoms with Gasteiger partial charge in [0, 0.05) is 19.7 Å². The van der Waals surface area contributed by atoms with Crippen molar-refractivity contribution in [3.8, 4) is 0 Å². The SMILES string of the molecule is Cc1ccc(CN(C[C@H](O)COC(C)C)C[C@H]2CCCO2)o1. The summed E-state index contributed by atoms with van der Waals surface area (Å²) >= 11 is 0. The molecule has 0 unspecified atom stereocenters. The van der Waals surface area contributed by atoms with E-state index in [0.29, 0.717) is 19.7 Å². The number of aliphatic hydroxyl groups excluding tert-OH is 1. The molecular weight excluding hydrogens is 282 g/mol. The second-order valence-electron chi connectivity index (χ2n) is 6.38. The molecule has 1 saturated heterocycles. The van der Waals surface area contributed by atoms with Gasteiger partial charge in [0.15, 0.2) is 0 Å². The Balaban J connectivity index is 1.88. The van der Waals surface area contributed by atoms with Crippen LogP contribution in [-0.4, -0.2) is 54.6 Å². The van der Waals surface area contributed by atoms with Gasteiger partial charge in [0.2, 0.25) is 0 Å². The van der Waals surface area contributed by atoms with Crippen LogP contribution in [0.1, 0.15) is 38.2 Å². The van der Waals surface area contributed by atoms with E-state index in [4.69, 9.17) is 13.9 Å². The van der Waals surface area contributed by atoms with Crippen molar-refractivity contribution in [2.24, 2.45) is 0 Å². The molecule has 1 aromatic rings. The van der Waals surface area contributed by atoms with Gasteiger partial charge in [-0.05, 0) is 45.7 Å². The summed E-state index contributed by atoms with van der Waals surface area (Å²) in [5.41, 5.74) is 0. The molecule has 0 spiro atoms. The van der Waals surface area contributed by atoms with Crippen LogP contribution in [0.15, 0.2) is 16.5 Å². The van der Waals surface area contributed by atoms with E-state index in [-0.39, 0.29) is 12.2 Å². The fraction of sp³-hybridized carbons (Fsp3) is 0.765. The average Bonchev–Trinajstić information content (AvgIpc) is 3.08. The number of aryl methyl sites for hydroxylation is 1. The van der Waals surface area contributed by atoms with Gasteiger partial charge in [0.1, 0.15) is 11.5 Å². The molecule has 0 radical (unpaired) electrons. The summed E-state index contributed by atoms with van der Waals surface area (Å²) in [7, 11) is 0. The summed E-state index contributed by atoms with van der Waals surface area (Å²) in [5, 5.41) is 10.2. The summed E-state index contributed by atoms with van der Waals surface area (Å²) in [4.78, 5) is 2.20. The van der Waals surface area contributed by atoms with Crippen molar-refractivity contribution in [3.63, 3.8) is 0 Å². The maximum atomic E-state index is 10.2. The first-order valence-corrected chi connectivity index (χ1v) is 8.22. The summed E-state index contributed by atoms with van der Waals surface area (Å²) in [5.74, 6) is 1.84. The van der Waals surface area contributed by atoms with Crippen molar-refractivity contribution < 1.29 is 19.0 Å². The van der Waals surface area contributed by atoms with Crippen molar-refractivity contribution in [1.29, 1.82) is 0 Å². The molecule has 1 aromatic heterocycles. The molecule has 1 N–H and O–H groups in total. The number of rotatable bonds is 9. The zero-order chi connectivity index (χ0) is 15.9. The summed E-state index contributed by atoms with van der Waals surface area (Å²) in [6, 6.07) is 3.97. The Morgan fingerprint density at radius 2 is 2.23 bits per heavy atom. The third-order valence-electron chi connectivity index (χ3n) is 3.75. The molecule has 22 heavy (non-hydrogen) atoms. The highest BCUT2D eigenvalue weighted by molar-refractivity contribution is 5.05. The molecule has 2 rings (SSSR count). The van der Waals surface area contributed by atoms with E-state index in [0.717, 1.165) is 37.5 Å². The molecule has 0 aliphatic carbocycles. The number of furan rings is 1. The molecule has 0 bridgehead atoms. The van der Waals surface area contributed by atoms with Gasteiger partial charge < -0.3 is 19.0 Å². The van der Waals surface area contributed by atoms with E-state index in [1.54, 1.807) is 0 Å². The lowest BCUT2D eigenvalue weighted by atomic mass is 10.2. The zero-order valence-corrected chi connectivity index (χ0v) is 14.0. The van der Waals surface area contributed by atoms with Crippen LogP contribution in [0.3, 0.4) is 0 Å². The molecule has 1 aliphatic heterocycles. The topological polar surface area (TPSA) is 55.1 Å². The number of nitrogens with zero attached hydrogens (tertiary/aromatic N) is 1. The fourth-order valence-corrected chi connectivity index (χ4v) is 2.72. The molecule has 1 fully saturated rings. The van der Waals surface area contributed by atoms with Gasteiger partial charge in [-0.1, -0.05) is 0 Å². The second-order valence-corrected chi connectivity index (χ2v) is 6.38. The lowest BCUT2D eigenvalue weighted by Gasteiger charge is -2.27. The Morgan fingerprint density at radius 3 is 2.82 bits per heavy atom. The third kappa shape index (κ3) is 6.08. The number of hydrogen-bond donors (Lipinski definition) is 1. The maximum absolute atomic E-state index is 10.2. The molecule has 0 amide bonds. The monoisotopic (exact) mass is 311 g/mol. The number of ether oxygens (including phenoxy) is 2. The predicted octanol–water partition coefficient (Wildman–Crippen LogP) is 2.35. The first-order valence-electron chi connectivity index (χ1n) is 8.22. The van der Waals surface area contributed by atoms with Crippen LogP contribution < -0.4 is 0 Å². The molecule has 2 heterocycles. The lowest BCUT2D eigenvalue weighted by molar-refractivity contribution is -0.0181. The highest BCUT2D eigenvalue weighted by Gasteiger charge is 2.22. The van der Waals surface area contributed by atoms with Crippen LogP contribution >= 0.6 is 0 Å². The zero-order valence-electron chi connectivity index (χ0n) is 14.0. The van der Waals surface area contributed by atoms with Crippen LogP contribution in [0.25, 0.3) is 0 Å². The van der Waals surface area contributed by atoms with Crippen molar-refractivity contribution >= 4 is 0 Å². The molecule has 126 valence electrons. The van der Waals surface area contributed by atoms with Crippen molar-refractivity contribution in [3.05, 3.63) is 23.7 Å². The van der Waals surface area contributed by atoms with Gasteiger partial charge in [-0.3, -0.25) is 4.90 Å². The van der Waals surface area contributed by atoms with Crippen molar-refractivity contribution in [1.82, 2.24) is 4.90 Å². The Hall–Kier alpha value is -0.880. The van der Waals surface area contributed by atoms with Gasteiger partial charge in [-0.15, -0.1) is 0 Å². The van der Waals surface area contributed by atoms with Crippen LogP contribution in [0, 0.1) is 6.92 Å². The number of aliphatic hydroxyl groups is 1. The fourth-order valence-electron chi connectivity index (χ4n) is 2.72. The van der Waals surface area contributed by atoms with E-state index in [1.807, 2.05) is 32.9 Å². The van der Waals surface area contributed by atoms with Gasteiger partial charge >= 0.3 is 0 Å². The highest BCUT2D eigenvalue weighted by Crippen LogP contribution is 2.16. The first kappa shape index (κ1) is 17.5. The van der Waals surface area contributed by atoms with Gasteiger partial charge in [-0.25, -0.2) is 0 Å². The molecule has 5 heteroatoms. The molecular formula is C17H29NO4. The summed E-state index contributed by atoms with van der Waals surface area (Å²) in [6.07, 6.45) is 2.10. The highest BCUT2D eigenvalue weighted by atomic mass is 16.5. The minimum absolute atomic E-state index is 0.133. The van der Waals surface area contributed by atoms with E-state index in [9.17, 15) is 5.11 Å². The Kier molecular flexibility index (Phi) is 6.89. The van der Waals surface area contributed by atoms with Gasteiger partial charge in [0.05, 0.1) is 31.5 Å². The average molecular weight is 311 g/mol. The molecule has 1 aliphatic rings. The van der Waals surface area contributed by atoms with Gasteiger partial charge in [0.25, 0.3) is 0 Å². The first-order chi connectivity index (χ1) is 10.5. The third-order valence-corrected chi connectivity index (χ3v) is 3.75. The smallest absolute Gasteiger partial charge is 0.118 e. The summed E-state index contributed by atoms with van der Waals surface area (Å²) in [6.45, 7) is 9.16. The van der Waals surface area contributed by atoms with E-state index < -0.39 is 6.10 Å². The van der Waals surface area contributed by atoms with Crippen LogP contribution in [0.4, 0.5) is 0 Å². The predicted molar refractivity (Wildman–Crippen MR) is 84.8 cm³/mol. The summed E-state index contributed by atoms with van der Waals surface area (Å²) < 4.78 is 16.9. The number of hydrogen-bond acceptors (Lipinski definition) is 5. The molecule has 2 atom stereocenters. The molecule has 0 aromatic carbocycles. The molecule has 5 nitrogen and oxygen atoms in total. The second kappa shape index (κ2) is 8.67. The van der Waals surface area contributed by atoms with E-state index in [2.05, 4.69) is 4.90 Å². The standard InChI is InChI=1S/C17H29NO4/c1-13(2)21-12-15(19)9-18(10-16-5-4-8-20-16)11-17-7-6-14(3)22-17/h6-7,13,15-16,19H,4-5,8-12H2,1-3H3/t15-,16+/m0/s1. The largest absolute Gasteiger partial charge is 0.465 e. The van der Waals surface area contributed by atoms with E-state index in [1.165, 1.54) is 0 Å². The van der Waals surface area contributed by atoms with Crippen LogP contribution in [0.5, 0.6) is 0 Å². The Labute approximate surface area is 133 Å². The van der Waals surface area contributed by atoms with Crippen molar-refractivity contribution in [2.45, 2.75) is 58.5 Å². The quantitative estimate of drug-likeness (QED) is 0.759. The van der Waals surface area contributed by atoms with Gasteiger partial charge in [-0.2, -0.15) is 0 Å². The lowest BCUT2D eigenvalue weighted by Crippen LogP contribution is -2.39. The minimum atomic E-state index is -0.500. The Bertz CT molecular complexity index is 426. The maximum Gasteiger partial charge on any atom is 0.118 e. The van der Waals surface area contributed by atoms with Crippen molar-refractivity contribution in [2.75, 3.05) is 26.3 Å². The van der Waals surface area contributed by atoms with Crippen LogP contribution in [0.2, 0.25) is 0 Å². The normalized spacial score (nSPS) is 20.2. The Morgan fingerprint density at radius 1 is 1.41 bits per heavy atom. The van der Waals surface area contributed by atoms with Crippen LogP contribution in [-0.2, 0) is 16.0 Å².